The van der Waals surface area contributed by atoms with Gasteiger partial charge in [-0.05, 0) is 31.3 Å². The zero-order valence-corrected chi connectivity index (χ0v) is 12.5. The number of aromatic amines is 1. The summed E-state index contributed by atoms with van der Waals surface area (Å²) in [7, 11) is 0. The van der Waals surface area contributed by atoms with E-state index >= 15 is 0 Å². The van der Waals surface area contributed by atoms with Crippen molar-refractivity contribution in [2.45, 2.75) is 19.9 Å². The van der Waals surface area contributed by atoms with Crippen molar-refractivity contribution >= 4 is 23.6 Å². The number of pyridine rings is 1. The van der Waals surface area contributed by atoms with Gasteiger partial charge < -0.3 is 0 Å². The van der Waals surface area contributed by atoms with Crippen molar-refractivity contribution in [3.05, 3.63) is 45.2 Å². The topological polar surface area (TPSA) is 59.4 Å². The van der Waals surface area contributed by atoms with Crippen LogP contribution >= 0.6 is 23.6 Å². The second-order valence-corrected chi connectivity index (χ2v) is 5.68. The molecule has 0 fully saturated rings. The Bertz CT molecular complexity index is 756. The van der Waals surface area contributed by atoms with E-state index in [4.69, 9.17) is 12.2 Å². The van der Waals surface area contributed by atoms with Gasteiger partial charge in [-0.1, -0.05) is 6.07 Å². The summed E-state index contributed by atoms with van der Waals surface area (Å²) < 4.78 is 2.58. The molecule has 7 heteroatoms. The molecule has 3 aromatic rings. The molecular formula is C13H13N5S2. The predicted octanol–water partition coefficient (Wildman–Crippen LogP) is 3.01. The minimum atomic E-state index is 0.610. The first-order valence-corrected chi connectivity index (χ1v) is 7.50. The second-order valence-electron chi connectivity index (χ2n) is 4.35. The molecule has 1 N–H and O–H groups in total. The Balaban J connectivity index is 1.86. The number of H-pyrrole nitrogens is 1. The van der Waals surface area contributed by atoms with Crippen LogP contribution in [0.25, 0.3) is 11.5 Å². The standard InChI is InChI=1S/C13H13N5S2/c1-9-8-20-11(15-9)5-7-18-12(16-17-13(18)19)10-4-2-3-6-14-10/h2-4,6,8H,5,7H2,1H3,(H,17,19). The second kappa shape index (κ2) is 5.64. The summed E-state index contributed by atoms with van der Waals surface area (Å²) in [6.45, 7) is 2.75. The van der Waals surface area contributed by atoms with Crippen LogP contribution in [0.4, 0.5) is 0 Å². The average Bonchev–Trinajstić information content (AvgIpc) is 3.04. The molecule has 20 heavy (non-hydrogen) atoms. The fraction of sp³-hybridized carbons (Fsp3) is 0.231. The van der Waals surface area contributed by atoms with Gasteiger partial charge in [-0.25, -0.2) is 4.98 Å². The molecule has 0 aliphatic heterocycles. The highest BCUT2D eigenvalue weighted by molar-refractivity contribution is 7.71. The fourth-order valence-corrected chi connectivity index (χ4v) is 2.93. The van der Waals surface area contributed by atoms with Crippen molar-refractivity contribution in [3.8, 4) is 11.5 Å². The minimum absolute atomic E-state index is 0.610. The Morgan fingerprint density at radius 2 is 2.30 bits per heavy atom. The highest BCUT2D eigenvalue weighted by Gasteiger charge is 2.10. The summed E-state index contributed by atoms with van der Waals surface area (Å²) in [6, 6.07) is 5.75. The van der Waals surface area contributed by atoms with Crippen molar-refractivity contribution in [3.63, 3.8) is 0 Å². The predicted molar refractivity (Wildman–Crippen MR) is 81.2 cm³/mol. The largest absolute Gasteiger partial charge is 0.298 e. The van der Waals surface area contributed by atoms with Gasteiger partial charge in [0.05, 0.1) is 5.01 Å². The van der Waals surface area contributed by atoms with Crippen molar-refractivity contribution in [2.75, 3.05) is 0 Å². The maximum Gasteiger partial charge on any atom is 0.195 e. The van der Waals surface area contributed by atoms with Gasteiger partial charge in [0.1, 0.15) is 5.69 Å². The maximum atomic E-state index is 5.29. The monoisotopic (exact) mass is 303 g/mol. The lowest BCUT2D eigenvalue weighted by atomic mass is 10.3. The van der Waals surface area contributed by atoms with Crippen molar-refractivity contribution in [2.24, 2.45) is 0 Å². The number of hydrogen-bond donors (Lipinski definition) is 1. The normalized spacial score (nSPS) is 10.8. The van der Waals surface area contributed by atoms with E-state index in [1.54, 1.807) is 17.5 Å². The van der Waals surface area contributed by atoms with Crippen LogP contribution in [0.15, 0.2) is 29.8 Å². The molecule has 0 aliphatic carbocycles. The molecule has 5 nitrogen and oxygen atoms in total. The molecule has 0 spiro atoms. The third-order valence-electron chi connectivity index (χ3n) is 2.87. The number of hydrogen-bond acceptors (Lipinski definition) is 5. The van der Waals surface area contributed by atoms with Crippen molar-refractivity contribution < 1.29 is 0 Å². The van der Waals surface area contributed by atoms with Gasteiger partial charge in [0.2, 0.25) is 0 Å². The summed E-state index contributed by atoms with van der Waals surface area (Å²) >= 11 is 6.97. The van der Waals surface area contributed by atoms with E-state index in [1.165, 1.54) is 0 Å². The summed E-state index contributed by atoms with van der Waals surface area (Å²) in [4.78, 5) is 8.79. The van der Waals surface area contributed by atoms with E-state index < -0.39 is 0 Å². The van der Waals surface area contributed by atoms with Crippen LogP contribution < -0.4 is 0 Å². The molecule has 0 unspecified atom stereocenters. The number of thiazole rings is 1. The molecule has 0 atom stereocenters. The van der Waals surface area contributed by atoms with Crippen LogP contribution in [-0.4, -0.2) is 24.7 Å². The maximum absolute atomic E-state index is 5.29. The molecule has 0 radical (unpaired) electrons. The van der Waals surface area contributed by atoms with Gasteiger partial charge in [0, 0.05) is 30.2 Å². The first kappa shape index (κ1) is 13.1. The quantitative estimate of drug-likeness (QED) is 0.753. The fourth-order valence-electron chi connectivity index (χ4n) is 1.94. The molecule has 3 rings (SSSR count). The van der Waals surface area contributed by atoms with E-state index in [0.29, 0.717) is 4.77 Å². The third-order valence-corrected chi connectivity index (χ3v) is 4.21. The number of nitrogens with one attached hydrogen (secondary N) is 1. The Kier molecular flexibility index (Phi) is 3.70. The molecular weight excluding hydrogens is 290 g/mol. The van der Waals surface area contributed by atoms with Crippen molar-refractivity contribution in [1.29, 1.82) is 0 Å². The third kappa shape index (κ3) is 2.68. The Morgan fingerprint density at radius 1 is 1.40 bits per heavy atom. The molecule has 0 bridgehead atoms. The van der Waals surface area contributed by atoms with Gasteiger partial charge in [-0.3, -0.25) is 14.6 Å². The molecule has 3 heterocycles. The molecule has 0 aliphatic rings. The van der Waals surface area contributed by atoms with Crippen LogP contribution in [-0.2, 0) is 13.0 Å². The van der Waals surface area contributed by atoms with Gasteiger partial charge in [0.15, 0.2) is 10.6 Å². The lowest BCUT2D eigenvalue weighted by Gasteiger charge is -2.04. The molecule has 102 valence electrons. The van der Waals surface area contributed by atoms with Crippen LogP contribution in [0.5, 0.6) is 0 Å². The molecule has 0 saturated heterocycles. The highest BCUT2D eigenvalue weighted by Crippen LogP contribution is 2.16. The van der Waals surface area contributed by atoms with Crippen LogP contribution in [0.2, 0.25) is 0 Å². The number of aromatic nitrogens is 5. The SMILES string of the molecule is Cc1csc(CCn2c(-c3ccccn3)n[nH]c2=S)n1. The van der Waals surface area contributed by atoms with E-state index in [0.717, 1.165) is 35.2 Å². The van der Waals surface area contributed by atoms with E-state index in [2.05, 4.69) is 25.5 Å². The molecule has 0 amide bonds. The molecule has 3 aromatic heterocycles. The summed E-state index contributed by atoms with van der Waals surface area (Å²) in [5, 5.41) is 10.3. The van der Waals surface area contributed by atoms with Crippen molar-refractivity contribution in [1.82, 2.24) is 24.7 Å². The van der Waals surface area contributed by atoms with Crippen LogP contribution in [0.1, 0.15) is 10.7 Å². The average molecular weight is 303 g/mol. The van der Waals surface area contributed by atoms with E-state index in [9.17, 15) is 0 Å². The highest BCUT2D eigenvalue weighted by atomic mass is 32.1. The number of nitrogens with zero attached hydrogens (tertiary/aromatic N) is 4. The molecule has 0 saturated carbocycles. The van der Waals surface area contributed by atoms with E-state index in [1.807, 2.05) is 29.7 Å². The first-order valence-electron chi connectivity index (χ1n) is 6.21. The minimum Gasteiger partial charge on any atom is -0.298 e. The van der Waals surface area contributed by atoms with Crippen LogP contribution in [0.3, 0.4) is 0 Å². The van der Waals surface area contributed by atoms with Crippen LogP contribution in [0, 0.1) is 11.7 Å². The van der Waals surface area contributed by atoms with Gasteiger partial charge in [-0.2, -0.15) is 5.10 Å². The van der Waals surface area contributed by atoms with E-state index in [-0.39, 0.29) is 0 Å². The smallest absolute Gasteiger partial charge is 0.195 e. The Labute approximate surface area is 125 Å². The lowest BCUT2D eigenvalue weighted by Crippen LogP contribution is -2.04. The zero-order chi connectivity index (χ0) is 13.9. The summed E-state index contributed by atoms with van der Waals surface area (Å²) in [6.07, 6.45) is 2.59. The van der Waals surface area contributed by atoms with Gasteiger partial charge in [-0.15, -0.1) is 11.3 Å². The van der Waals surface area contributed by atoms with Gasteiger partial charge >= 0.3 is 0 Å². The lowest BCUT2D eigenvalue weighted by molar-refractivity contribution is 0.687. The number of aryl methyl sites for hydroxylation is 2. The zero-order valence-electron chi connectivity index (χ0n) is 10.9. The first-order chi connectivity index (χ1) is 9.74. The number of rotatable bonds is 4. The summed E-state index contributed by atoms with van der Waals surface area (Å²) in [5.74, 6) is 0.767. The summed E-state index contributed by atoms with van der Waals surface area (Å²) in [5.41, 5.74) is 1.88. The Hall–Kier alpha value is -1.86. The van der Waals surface area contributed by atoms with Gasteiger partial charge in [0.25, 0.3) is 0 Å². The molecule has 0 aromatic carbocycles. The Morgan fingerprint density at radius 3 is 3.00 bits per heavy atom.